The van der Waals surface area contributed by atoms with Gasteiger partial charge < -0.3 is 24.1 Å². The van der Waals surface area contributed by atoms with Gasteiger partial charge >= 0.3 is 0 Å². The molecule has 1 aliphatic rings. The molecule has 0 saturated carbocycles. The number of methoxy groups -OCH3 is 1. The molecule has 1 N–H and O–H groups in total. The third-order valence-corrected chi connectivity index (χ3v) is 6.03. The molecule has 4 aromatic rings. The van der Waals surface area contributed by atoms with Gasteiger partial charge in [0.1, 0.15) is 30.0 Å². The van der Waals surface area contributed by atoms with Crippen molar-refractivity contribution in [1.82, 2.24) is 4.90 Å². The third-order valence-electron chi connectivity index (χ3n) is 6.03. The standard InChI is InChI=1S/C28H26N2O4/c1-19-8-3-6-12-25(19)34-18-21-16-20(13-14-26(21)32-2)27-29-24-11-5-4-10-23(24)28(31)30(27)17-22-9-7-15-33-22/h3-16,27,29H,17-18H2,1-2H3. The van der Waals surface area contributed by atoms with E-state index in [-0.39, 0.29) is 12.1 Å². The van der Waals surface area contributed by atoms with E-state index >= 15 is 0 Å². The normalized spacial score (nSPS) is 14.9. The van der Waals surface area contributed by atoms with Gasteiger partial charge in [-0.2, -0.15) is 0 Å². The number of carbonyl (C=O) groups excluding carboxylic acids is 1. The van der Waals surface area contributed by atoms with Crippen molar-refractivity contribution in [3.05, 3.63) is 113 Å². The summed E-state index contributed by atoms with van der Waals surface area (Å²) in [6.07, 6.45) is 1.24. The Morgan fingerprint density at radius 1 is 0.971 bits per heavy atom. The maximum atomic E-state index is 13.5. The first-order chi connectivity index (χ1) is 16.6. The molecular weight excluding hydrogens is 428 g/mol. The molecule has 1 aliphatic heterocycles. The van der Waals surface area contributed by atoms with Crippen LogP contribution in [0.1, 0.15) is 39.0 Å². The topological polar surface area (TPSA) is 63.9 Å². The van der Waals surface area contributed by atoms with E-state index < -0.39 is 0 Å². The summed E-state index contributed by atoms with van der Waals surface area (Å²) in [5, 5.41) is 3.54. The van der Waals surface area contributed by atoms with Crippen LogP contribution in [0.15, 0.2) is 89.5 Å². The summed E-state index contributed by atoms with van der Waals surface area (Å²) < 4.78 is 17.3. The van der Waals surface area contributed by atoms with Gasteiger partial charge in [0, 0.05) is 11.3 Å². The molecule has 1 atom stereocenters. The SMILES string of the molecule is COc1ccc(C2Nc3ccccc3C(=O)N2Cc2ccco2)cc1COc1ccccc1C. The summed E-state index contributed by atoms with van der Waals surface area (Å²) in [6.45, 7) is 2.71. The van der Waals surface area contributed by atoms with E-state index in [0.717, 1.165) is 39.6 Å². The Hall–Kier alpha value is -4.19. The zero-order valence-corrected chi connectivity index (χ0v) is 19.2. The zero-order chi connectivity index (χ0) is 23.5. The fraction of sp³-hybridized carbons (Fsp3) is 0.179. The molecule has 172 valence electrons. The highest BCUT2D eigenvalue weighted by molar-refractivity contribution is 6.01. The lowest BCUT2D eigenvalue weighted by Crippen LogP contribution is -2.42. The fourth-order valence-electron chi connectivity index (χ4n) is 4.24. The average Bonchev–Trinajstić information content (AvgIpc) is 3.38. The van der Waals surface area contributed by atoms with Gasteiger partial charge in [-0.15, -0.1) is 0 Å². The molecule has 1 unspecified atom stereocenters. The predicted octanol–water partition coefficient (Wildman–Crippen LogP) is 5.94. The average molecular weight is 455 g/mol. The minimum atomic E-state index is -0.379. The number of furan rings is 1. The van der Waals surface area contributed by atoms with Gasteiger partial charge in [-0.05, 0) is 60.5 Å². The van der Waals surface area contributed by atoms with Crippen molar-refractivity contribution in [2.75, 3.05) is 12.4 Å². The summed E-state index contributed by atoms with van der Waals surface area (Å²) in [7, 11) is 1.65. The molecule has 0 aliphatic carbocycles. The summed E-state index contributed by atoms with van der Waals surface area (Å²) in [6, 6.07) is 25.1. The number of para-hydroxylation sites is 2. The maximum Gasteiger partial charge on any atom is 0.258 e. The number of rotatable bonds is 7. The second-order valence-electron chi connectivity index (χ2n) is 8.23. The van der Waals surface area contributed by atoms with Gasteiger partial charge in [-0.1, -0.05) is 36.4 Å². The van der Waals surface area contributed by atoms with Crippen molar-refractivity contribution in [3.8, 4) is 11.5 Å². The molecule has 5 rings (SSSR count). The van der Waals surface area contributed by atoms with Crippen LogP contribution in [0.2, 0.25) is 0 Å². The molecule has 0 saturated heterocycles. The number of nitrogens with one attached hydrogen (secondary N) is 1. The molecule has 3 aromatic carbocycles. The Labute approximate surface area is 198 Å². The molecule has 6 heteroatoms. The summed E-state index contributed by atoms with van der Waals surface area (Å²) in [4.78, 5) is 15.3. The zero-order valence-electron chi connectivity index (χ0n) is 19.2. The van der Waals surface area contributed by atoms with Gasteiger partial charge in [0.05, 0.1) is 25.5 Å². The van der Waals surface area contributed by atoms with Crippen molar-refractivity contribution >= 4 is 11.6 Å². The van der Waals surface area contributed by atoms with E-state index in [9.17, 15) is 4.79 Å². The molecular formula is C28H26N2O4. The molecule has 34 heavy (non-hydrogen) atoms. The van der Waals surface area contributed by atoms with Crippen LogP contribution in [-0.2, 0) is 13.2 Å². The smallest absolute Gasteiger partial charge is 0.258 e. The highest BCUT2D eigenvalue weighted by Gasteiger charge is 2.33. The first-order valence-electron chi connectivity index (χ1n) is 11.2. The van der Waals surface area contributed by atoms with E-state index in [1.54, 1.807) is 18.3 Å². The molecule has 0 radical (unpaired) electrons. The van der Waals surface area contributed by atoms with Gasteiger partial charge in [-0.3, -0.25) is 4.79 Å². The van der Waals surface area contributed by atoms with E-state index in [1.807, 2.05) is 85.8 Å². The van der Waals surface area contributed by atoms with Gasteiger partial charge in [-0.25, -0.2) is 0 Å². The Morgan fingerprint density at radius 2 is 1.79 bits per heavy atom. The number of amides is 1. The lowest BCUT2D eigenvalue weighted by atomic mass is 10.0. The number of aryl methyl sites for hydroxylation is 1. The second kappa shape index (κ2) is 9.35. The molecule has 0 spiro atoms. The fourth-order valence-corrected chi connectivity index (χ4v) is 4.24. The minimum Gasteiger partial charge on any atom is -0.496 e. The highest BCUT2D eigenvalue weighted by atomic mass is 16.5. The van der Waals surface area contributed by atoms with E-state index in [4.69, 9.17) is 13.9 Å². The van der Waals surface area contributed by atoms with Crippen LogP contribution in [0, 0.1) is 6.92 Å². The predicted molar refractivity (Wildman–Crippen MR) is 130 cm³/mol. The Balaban J connectivity index is 1.49. The van der Waals surface area contributed by atoms with Crippen LogP contribution in [0.5, 0.6) is 11.5 Å². The lowest BCUT2D eigenvalue weighted by Gasteiger charge is -2.38. The third kappa shape index (κ3) is 4.22. The number of nitrogens with zero attached hydrogens (tertiary/aromatic N) is 1. The highest BCUT2D eigenvalue weighted by Crippen LogP contribution is 2.36. The number of carbonyl (C=O) groups is 1. The van der Waals surface area contributed by atoms with E-state index in [1.165, 1.54) is 0 Å². The molecule has 6 nitrogen and oxygen atoms in total. The number of fused-ring (bicyclic) bond motifs is 1. The molecule has 1 amide bonds. The van der Waals surface area contributed by atoms with Crippen LogP contribution in [0.25, 0.3) is 0 Å². The Kier molecular flexibility index (Phi) is 5.95. The number of hydrogen-bond acceptors (Lipinski definition) is 5. The van der Waals surface area contributed by atoms with Crippen LogP contribution in [-0.4, -0.2) is 17.9 Å². The van der Waals surface area contributed by atoms with Gasteiger partial charge in [0.2, 0.25) is 0 Å². The van der Waals surface area contributed by atoms with Crippen molar-refractivity contribution < 1.29 is 18.7 Å². The van der Waals surface area contributed by atoms with Crippen LogP contribution < -0.4 is 14.8 Å². The van der Waals surface area contributed by atoms with Crippen LogP contribution >= 0.6 is 0 Å². The lowest BCUT2D eigenvalue weighted by molar-refractivity contribution is 0.0651. The number of anilines is 1. The van der Waals surface area contributed by atoms with Crippen molar-refractivity contribution in [2.45, 2.75) is 26.2 Å². The number of ether oxygens (including phenoxy) is 2. The summed E-state index contributed by atoms with van der Waals surface area (Å²) in [5.41, 5.74) is 4.34. The number of hydrogen-bond donors (Lipinski definition) is 1. The van der Waals surface area contributed by atoms with Crippen molar-refractivity contribution in [2.24, 2.45) is 0 Å². The first-order valence-corrected chi connectivity index (χ1v) is 11.2. The Morgan fingerprint density at radius 3 is 2.59 bits per heavy atom. The largest absolute Gasteiger partial charge is 0.496 e. The first kappa shape index (κ1) is 21.6. The molecule has 2 heterocycles. The molecule has 0 fully saturated rings. The number of benzene rings is 3. The van der Waals surface area contributed by atoms with Gasteiger partial charge in [0.15, 0.2) is 0 Å². The van der Waals surface area contributed by atoms with Crippen LogP contribution in [0.4, 0.5) is 5.69 Å². The molecule has 0 bridgehead atoms. The van der Waals surface area contributed by atoms with E-state index in [2.05, 4.69) is 5.32 Å². The summed E-state index contributed by atoms with van der Waals surface area (Å²) in [5.74, 6) is 2.23. The van der Waals surface area contributed by atoms with E-state index in [0.29, 0.717) is 18.7 Å². The summed E-state index contributed by atoms with van der Waals surface area (Å²) >= 11 is 0. The van der Waals surface area contributed by atoms with Gasteiger partial charge in [0.25, 0.3) is 5.91 Å². The van der Waals surface area contributed by atoms with Crippen molar-refractivity contribution in [1.29, 1.82) is 0 Å². The minimum absolute atomic E-state index is 0.0516. The quantitative estimate of drug-likeness (QED) is 0.374. The second-order valence-corrected chi connectivity index (χ2v) is 8.23. The van der Waals surface area contributed by atoms with Crippen molar-refractivity contribution in [3.63, 3.8) is 0 Å². The van der Waals surface area contributed by atoms with Crippen LogP contribution in [0.3, 0.4) is 0 Å². The monoisotopic (exact) mass is 454 g/mol. The molecule has 1 aromatic heterocycles. The maximum absolute atomic E-state index is 13.5. The Bertz CT molecular complexity index is 1300.